The van der Waals surface area contributed by atoms with Gasteiger partial charge in [0.15, 0.2) is 0 Å². The minimum atomic E-state index is 0.774. The molecule has 0 radical (unpaired) electrons. The van der Waals surface area contributed by atoms with Crippen LogP contribution in [-0.4, -0.2) is 25.0 Å². The van der Waals surface area contributed by atoms with Gasteiger partial charge in [0.2, 0.25) is 0 Å². The summed E-state index contributed by atoms with van der Waals surface area (Å²) >= 11 is 0. The zero-order valence-electron chi connectivity index (χ0n) is 7.53. The Morgan fingerprint density at radius 1 is 1.25 bits per heavy atom. The maximum atomic E-state index is 2.40. The number of benzene rings is 1. The highest BCUT2D eigenvalue weighted by atomic mass is 15.1. The van der Waals surface area contributed by atoms with Gasteiger partial charge < -0.3 is 4.90 Å². The van der Waals surface area contributed by atoms with Crippen LogP contribution in [0.15, 0.2) is 30.3 Å². The molecule has 1 aliphatic heterocycles. The third-order valence-electron chi connectivity index (χ3n) is 2.66. The summed E-state index contributed by atoms with van der Waals surface area (Å²) in [5.74, 6) is 0.774. The minimum Gasteiger partial charge on any atom is -0.306 e. The lowest BCUT2D eigenvalue weighted by Crippen LogP contribution is -2.13. The number of likely N-dealkylation sites (N-methyl/N-ethyl adjacent to an activating group) is 1. The summed E-state index contributed by atoms with van der Waals surface area (Å²) in [4.78, 5) is 2.40. The molecular weight excluding hydrogens is 146 g/mol. The second kappa shape index (κ2) is 3.28. The fraction of sp³-hybridized carbons (Fsp3) is 0.455. The summed E-state index contributed by atoms with van der Waals surface area (Å²) in [7, 11) is 2.20. The van der Waals surface area contributed by atoms with Crippen molar-refractivity contribution in [3.05, 3.63) is 35.9 Å². The predicted octanol–water partition coefficient (Wildman–Crippen LogP) is 2.11. The molecule has 0 aromatic heterocycles. The van der Waals surface area contributed by atoms with Gasteiger partial charge in [0, 0.05) is 6.54 Å². The SMILES string of the molecule is CN1CC[C@@H](c2ccccc2)C1. The zero-order chi connectivity index (χ0) is 8.39. The fourth-order valence-electron chi connectivity index (χ4n) is 1.93. The van der Waals surface area contributed by atoms with Gasteiger partial charge in [0.05, 0.1) is 0 Å². The first-order valence-electron chi connectivity index (χ1n) is 4.60. The van der Waals surface area contributed by atoms with Gasteiger partial charge >= 0.3 is 0 Å². The normalized spacial score (nSPS) is 24.6. The smallest absolute Gasteiger partial charge is 0.00477 e. The maximum Gasteiger partial charge on any atom is 0.00477 e. The molecule has 0 saturated carbocycles. The van der Waals surface area contributed by atoms with E-state index in [1.807, 2.05) is 0 Å². The fourth-order valence-corrected chi connectivity index (χ4v) is 1.93. The molecule has 0 aliphatic carbocycles. The van der Waals surface area contributed by atoms with Gasteiger partial charge in [-0.2, -0.15) is 0 Å². The lowest BCUT2D eigenvalue weighted by atomic mass is 9.99. The van der Waals surface area contributed by atoms with E-state index in [0.717, 1.165) is 5.92 Å². The van der Waals surface area contributed by atoms with E-state index >= 15 is 0 Å². The molecule has 1 aromatic rings. The number of nitrogens with zero attached hydrogens (tertiary/aromatic N) is 1. The second-order valence-electron chi connectivity index (χ2n) is 3.66. The molecule has 0 spiro atoms. The van der Waals surface area contributed by atoms with Gasteiger partial charge in [-0.05, 0) is 31.5 Å². The molecule has 64 valence electrons. The van der Waals surface area contributed by atoms with E-state index in [9.17, 15) is 0 Å². The topological polar surface area (TPSA) is 3.24 Å². The summed E-state index contributed by atoms with van der Waals surface area (Å²) in [6.45, 7) is 2.48. The molecule has 1 heterocycles. The Kier molecular flexibility index (Phi) is 2.13. The van der Waals surface area contributed by atoms with Crippen molar-refractivity contribution in [3.8, 4) is 0 Å². The zero-order valence-corrected chi connectivity index (χ0v) is 7.53. The number of hydrogen-bond donors (Lipinski definition) is 0. The van der Waals surface area contributed by atoms with Crippen molar-refractivity contribution in [1.82, 2.24) is 4.90 Å². The number of likely N-dealkylation sites (tertiary alicyclic amines) is 1. The molecule has 12 heavy (non-hydrogen) atoms. The van der Waals surface area contributed by atoms with Crippen molar-refractivity contribution >= 4 is 0 Å². The van der Waals surface area contributed by atoms with Gasteiger partial charge in [-0.15, -0.1) is 0 Å². The summed E-state index contributed by atoms with van der Waals surface area (Å²) < 4.78 is 0. The Labute approximate surface area is 74.0 Å². The van der Waals surface area contributed by atoms with Crippen LogP contribution in [0.1, 0.15) is 17.9 Å². The number of rotatable bonds is 1. The van der Waals surface area contributed by atoms with Crippen LogP contribution in [-0.2, 0) is 0 Å². The molecule has 0 bridgehead atoms. The van der Waals surface area contributed by atoms with Gasteiger partial charge in [-0.1, -0.05) is 30.3 Å². The lowest BCUT2D eigenvalue weighted by molar-refractivity contribution is 0.411. The van der Waals surface area contributed by atoms with Crippen LogP contribution in [0.25, 0.3) is 0 Å². The van der Waals surface area contributed by atoms with E-state index in [2.05, 4.69) is 42.3 Å². The van der Waals surface area contributed by atoms with E-state index in [1.165, 1.54) is 25.1 Å². The van der Waals surface area contributed by atoms with Gasteiger partial charge in [-0.25, -0.2) is 0 Å². The maximum absolute atomic E-state index is 2.40. The summed E-state index contributed by atoms with van der Waals surface area (Å²) in [5, 5.41) is 0. The van der Waals surface area contributed by atoms with Crippen molar-refractivity contribution < 1.29 is 0 Å². The van der Waals surface area contributed by atoms with Crippen LogP contribution in [0.5, 0.6) is 0 Å². The first-order chi connectivity index (χ1) is 5.86. The first-order valence-corrected chi connectivity index (χ1v) is 4.60. The highest BCUT2D eigenvalue weighted by Gasteiger charge is 2.20. The Morgan fingerprint density at radius 2 is 2.00 bits per heavy atom. The van der Waals surface area contributed by atoms with Crippen molar-refractivity contribution in [3.63, 3.8) is 0 Å². The van der Waals surface area contributed by atoms with Gasteiger partial charge in [0.1, 0.15) is 0 Å². The molecule has 0 amide bonds. The summed E-state index contributed by atoms with van der Waals surface area (Å²) in [5.41, 5.74) is 1.50. The summed E-state index contributed by atoms with van der Waals surface area (Å²) in [6.07, 6.45) is 1.32. The summed E-state index contributed by atoms with van der Waals surface area (Å²) in [6, 6.07) is 10.8. The molecule has 1 nitrogen and oxygen atoms in total. The van der Waals surface area contributed by atoms with E-state index in [1.54, 1.807) is 0 Å². The second-order valence-corrected chi connectivity index (χ2v) is 3.66. The van der Waals surface area contributed by atoms with Crippen LogP contribution in [0.4, 0.5) is 0 Å². The molecule has 1 heteroatoms. The molecule has 1 aromatic carbocycles. The molecule has 1 fully saturated rings. The van der Waals surface area contributed by atoms with Gasteiger partial charge in [0.25, 0.3) is 0 Å². The first kappa shape index (κ1) is 7.81. The monoisotopic (exact) mass is 161 g/mol. The van der Waals surface area contributed by atoms with Crippen molar-refractivity contribution in [2.24, 2.45) is 0 Å². The molecule has 1 aliphatic rings. The van der Waals surface area contributed by atoms with Crippen LogP contribution in [0.3, 0.4) is 0 Å². The number of hydrogen-bond acceptors (Lipinski definition) is 1. The van der Waals surface area contributed by atoms with E-state index in [4.69, 9.17) is 0 Å². The molecule has 1 saturated heterocycles. The molecule has 0 unspecified atom stereocenters. The Hall–Kier alpha value is -0.820. The molecular formula is C11H15N. The minimum absolute atomic E-state index is 0.774. The standard InChI is InChI=1S/C11H15N/c1-12-8-7-11(9-12)10-5-3-2-4-6-10/h2-6,11H,7-9H2,1H3/t11-/m1/s1. The Bertz CT molecular complexity index is 242. The Balaban J connectivity index is 2.11. The van der Waals surface area contributed by atoms with Crippen molar-refractivity contribution in [2.45, 2.75) is 12.3 Å². The van der Waals surface area contributed by atoms with Crippen molar-refractivity contribution in [1.29, 1.82) is 0 Å². The van der Waals surface area contributed by atoms with Gasteiger partial charge in [-0.3, -0.25) is 0 Å². The highest BCUT2D eigenvalue weighted by molar-refractivity contribution is 5.20. The average molecular weight is 161 g/mol. The highest BCUT2D eigenvalue weighted by Crippen LogP contribution is 2.25. The van der Waals surface area contributed by atoms with E-state index in [-0.39, 0.29) is 0 Å². The lowest BCUT2D eigenvalue weighted by Gasteiger charge is -2.09. The average Bonchev–Trinajstić information content (AvgIpc) is 2.54. The molecule has 0 N–H and O–H groups in total. The van der Waals surface area contributed by atoms with E-state index in [0.29, 0.717) is 0 Å². The van der Waals surface area contributed by atoms with Crippen molar-refractivity contribution in [2.75, 3.05) is 20.1 Å². The van der Waals surface area contributed by atoms with Crippen LogP contribution >= 0.6 is 0 Å². The van der Waals surface area contributed by atoms with Crippen LogP contribution in [0, 0.1) is 0 Å². The molecule has 1 atom stereocenters. The predicted molar refractivity (Wildman–Crippen MR) is 51.3 cm³/mol. The van der Waals surface area contributed by atoms with Crippen LogP contribution < -0.4 is 0 Å². The van der Waals surface area contributed by atoms with Crippen LogP contribution in [0.2, 0.25) is 0 Å². The quantitative estimate of drug-likeness (QED) is 0.609. The third-order valence-corrected chi connectivity index (χ3v) is 2.66. The largest absolute Gasteiger partial charge is 0.306 e. The van der Waals surface area contributed by atoms with E-state index < -0.39 is 0 Å². The molecule has 2 rings (SSSR count). The Morgan fingerprint density at radius 3 is 2.58 bits per heavy atom. The third kappa shape index (κ3) is 1.51.